The fraction of sp³-hybridized carbons (Fsp3) is 0.111. The quantitative estimate of drug-likeness (QED) is 0.730. The summed E-state index contributed by atoms with van der Waals surface area (Å²) in [6, 6.07) is 13.0. The minimum absolute atomic E-state index is 0.0547. The van der Waals surface area contributed by atoms with E-state index in [2.05, 4.69) is 4.98 Å². The Bertz CT molecular complexity index is 989. The van der Waals surface area contributed by atoms with Crippen LogP contribution in [0.5, 0.6) is 11.5 Å². The minimum atomic E-state index is -0.0547. The van der Waals surface area contributed by atoms with Crippen molar-refractivity contribution < 1.29 is 9.47 Å². The van der Waals surface area contributed by atoms with Crippen LogP contribution < -0.4 is 15.0 Å². The third-order valence-corrected chi connectivity index (χ3v) is 3.84. The molecule has 0 N–H and O–H groups in total. The Morgan fingerprint density at radius 1 is 1.09 bits per heavy atom. The first kappa shape index (κ1) is 13.6. The van der Waals surface area contributed by atoms with E-state index in [0.29, 0.717) is 16.7 Å². The minimum Gasteiger partial charge on any atom is -0.454 e. The van der Waals surface area contributed by atoms with E-state index in [9.17, 15) is 4.79 Å². The Labute approximate surface area is 132 Å². The molecule has 3 aromatic rings. The summed E-state index contributed by atoms with van der Waals surface area (Å²) in [6.45, 7) is 0.253. The summed E-state index contributed by atoms with van der Waals surface area (Å²) in [7, 11) is 1.72. The normalized spacial score (nSPS) is 13.1. The van der Waals surface area contributed by atoms with Crippen molar-refractivity contribution in [1.82, 2.24) is 9.55 Å². The fourth-order valence-electron chi connectivity index (χ4n) is 2.57. The average molecular weight is 306 g/mol. The van der Waals surface area contributed by atoms with Gasteiger partial charge in [-0.05, 0) is 35.9 Å². The molecule has 0 fully saturated rings. The Kier molecular flexibility index (Phi) is 3.12. The molecule has 2 aromatic carbocycles. The van der Waals surface area contributed by atoms with Gasteiger partial charge in [0.05, 0.1) is 10.9 Å². The van der Waals surface area contributed by atoms with Gasteiger partial charge in [-0.3, -0.25) is 9.36 Å². The molecular weight excluding hydrogens is 292 g/mol. The molecule has 114 valence electrons. The maximum Gasteiger partial charge on any atom is 0.261 e. The van der Waals surface area contributed by atoms with Crippen molar-refractivity contribution in [2.24, 2.45) is 7.05 Å². The molecule has 0 spiro atoms. The van der Waals surface area contributed by atoms with Crippen molar-refractivity contribution in [1.29, 1.82) is 0 Å². The number of hydrogen-bond donors (Lipinski definition) is 0. The van der Waals surface area contributed by atoms with Crippen LogP contribution in [-0.4, -0.2) is 16.3 Å². The SMILES string of the molecule is Cn1c(/C=C/c2ccc3c(c2)OCO3)nc2ccccc2c1=O. The third kappa shape index (κ3) is 2.36. The number of para-hydroxylation sites is 1. The van der Waals surface area contributed by atoms with E-state index >= 15 is 0 Å². The Morgan fingerprint density at radius 2 is 1.91 bits per heavy atom. The van der Waals surface area contributed by atoms with Crippen LogP contribution in [0.1, 0.15) is 11.4 Å². The van der Waals surface area contributed by atoms with Gasteiger partial charge in [-0.1, -0.05) is 24.3 Å². The number of benzene rings is 2. The summed E-state index contributed by atoms with van der Waals surface area (Å²) in [5.74, 6) is 2.08. The highest BCUT2D eigenvalue weighted by molar-refractivity contribution is 5.79. The molecule has 23 heavy (non-hydrogen) atoms. The summed E-state index contributed by atoms with van der Waals surface area (Å²) in [5.41, 5.74) is 1.60. The van der Waals surface area contributed by atoms with Crippen molar-refractivity contribution in [3.63, 3.8) is 0 Å². The fourth-order valence-corrected chi connectivity index (χ4v) is 2.57. The molecule has 0 amide bonds. The lowest BCUT2D eigenvalue weighted by Crippen LogP contribution is -2.20. The predicted octanol–water partition coefficient (Wildman–Crippen LogP) is 2.83. The van der Waals surface area contributed by atoms with Crippen LogP contribution in [0.25, 0.3) is 23.1 Å². The summed E-state index contributed by atoms with van der Waals surface area (Å²) >= 11 is 0. The van der Waals surface area contributed by atoms with E-state index in [0.717, 1.165) is 17.1 Å². The first-order chi connectivity index (χ1) is 11.2. The van der Waals surface area contributed by atoms with Crippen molar-refractivity contribution in [3.8, 4) is 11.5 Å². The summed E-state index contributed by atoms with van der Waals surface area (Å²) in [6.07, 6.45) is 3.73. The van der Waals surface area contributed by atoms with Crippen LogP contribution in [0.15, 0.2) is 47.3 Å². The molecule has 5 nitrogen and oxygen atoms in total. The zero-order valence-electron chi connectivity index (χ0n) is 12.5. The van der Waals surface area contributed by atoms with Gasteiger partial charge in [-0.15, -0.1) is 0 Å². The molecule has 0 bridgehead atoms. The van der Waals surface area contributed by atoms with E-state index in [1.807, 2.05) is 48.6 Å². The number of fused-ring (bicyclic) bond motifs is 2. The molecule has 1 aliphatic heterocycles. The van der Waals surface area contributed by atoms with Crippen molar-refractivity contribution >= 4 is 23.1 Å². The number of hydrogen-bond acceptors (Lipinski definition) is 4. The molecule has 1 aromatic heterocycles. The van der Waals surface area contributed by atoms with Gasteiger partial charge in [0.1, 0.15) is 5.82 Å². The number of aromatic nitrogens is 2. The van der Waals surface area contributed by atoms with E-state index in [4.69, 9.17) is 9.47 Å². The molecule has 0 aliphatic carbocycles. The van der Waals surface area contributed by atoms with E-state index in [-0.39, 0.29) is 12.4 Å². The molecule has 0 saturated carbocycles. The topological polar surface area (TPSA) is 53.4 Å². The molecule has 0 radical (unpaired) electrons. The van der Waals surface area contributed by atoms with Crippen LogP contribution in [0.2, 0.25) is 0 Å². The summed E-state index contributed by atoms with van der Waals surface area (Å²) < 4.78 is 12.2. The highest BCUT2D eigenvalue weighted by Gasteiger charge is 2.12. The largest absolute Gasteiger partial charge is 0.454 e. The molecule has 0 atom stereocenters. The standard InChI is InChI=1S/C18H14N2O3/c1-20-17(19-14-5-3-2-4-13(14)18(20)21)9-7-12-6-8-15-16(10-12)23-11-22-15/h2-10H,11H2,1H3/b9-7+. The second kappa shape index (κ2) is 5.28. The number of nitrogens with zero attached hydrogens (tertiary/aromatic N) is 2. The average Bonchev–Trinajstić information content (AvgIpc) is 3.04. The zero-order chi connectivity index (χ0) is 15.8. The van der Waals surface area contributed by atoms with E-state index in [1.165, 1.54) is 0 Å². The molecule has 5 heteroatoms. The Hall–Kier alpha value is -3.08. The smallest absolute Gasteiger partial charge is 0.261 e. The summed E-state index contributed by atoms with van der Waals surface area (Å²) in [5, 5.41) is 0.621. The van der Waals surface area contributed by atoms with Crippen molar-refractivity contribution in [3.05, 3.63) is 64.2 Å². The first-order valence-corrected chi connectivity index (χ1v) is 7.26. The van der Waals surface area contributed by atoms with Gasteiger partial charge in [-0.25, -0.2) is 4.98 Å². The Balaban J connectivity index is 1.75. The highest BCUT2D eigenvalue weighted by Crippen LogP contribution is 2.32. The third-order valence-electron chi connectivity index (χ3n) is 3.84. The van der Waals surface area contributed by atoms with Crippen LogP contribution in [0.4, 0.5) is 0 Å². The van der Waals surface area contributed by atoms with Crippen molar-refractivity contribution in [2.75, 3.05) is 6.79 Å². The second-order valence-electron chi connectivity index (χ2n) is 5.30. The monoisotopic (exact) mass is 306 g/mol. The summed E-state index contributed by atoms with van der Waals surface area (Å²) in [4.78, 5) is 16.9. The lowest BCUT2D eigenvalue weighted by atomic mass is 10.2. The van der Waals surface area contributed by atoms with Crippen LogP contribution >= 0.6 is 0 Å². The van der Waals surface area contributed by atoms with Crippen LogP contribution in [0, 0.1) is 0 Å². The van der Waals surface area contributed by atoms with Gasteiger partial charge in [0.2, 0.25) is 6.79 Å². The van der Waals surface area contributed by atoms with Gasteiger partial charge >= 0.3 is 0 Å². The molecule has 0 unspecified atom stereocenters. The van der Waals surface area contributed by atoms with Gasteiger partial charge in [-0.2, -0.15) is 0 Å². The molecular formula is C18H14N2O3. The first-order valence-electron chi connectivity index (χ1n) is 7.26. The van der Waals surface area contributed by atoms with Gasteiger partial charge in [0, 0.05) is 7.05 Å². The van der Waals surface area contributed by atoms with Gasteiger partial charge in [0.15, 0.2) is 11.5 Å². The van der Waals surface area contributed by atoms with E-state index in [1.54, 1.807) is 17.7 Å². The van der Waals surface area contributed by atoms with Crippen LogP contribution in [-0.2, 0) is 7.05 Å². The number of ether oxygens (including phenoxy) is 2. The zero-order valence-corrected chi connectivity index (χ0v) is 12.5. The molecule has 2 heterocycles. The van der Waals surface area contributed by atoms with E-state index < -0.39 is 0 Å². The lowest BCUT2D eigenvalue weighted by Gasteiger charge is -2.05. The molecule has 4 rings (SSSR count). The predicted molar refractivity (Wildman–Crippen MR) is 88.5 cm³/mol. The molecule has 1 aliphatic rings. The van der Waals surface area contributed by atoms with Crippen LogP contribution in [0.3, 0.4) is 0 Å². The molecule has 0 saturated heterocycles. The maximum atomic E-state index is 12.4. The lowest BCUT2D eigenvalue weighted by molar-refractivity contribution is 0.174. The second-order valence-corrected chi connectivity index (χ2v) is 5.30. The number of rotatable bonds is 2. The van der Waals surface area contributed by atoms with Gasteiger partial charge in [0.25, 0.3) is 5.56 Å². The maximum absolute atomic E-state index is 12.4. The Morgan fingerprint density at radius 3 is 2.83 bits per heavy atom. The highest BCUT2D eigenvalue weighted by atomic mass is 16.7. The van der Waals surface area contributed by atoms with Crippen molar-refractivity contribution in [2.45, 2.75) is 0 Å². The van der Waals surface area contributed by atoms with Gasteiger partial charge < -0.3 is 9.47 Å².